The Morgan fingerprint density at radius 1 is 1.19 bits per heavy atom. The van der Waals surface area contributed by atoms with Crippen LogP contribution in [-0.2, 0) is 14.9 Å². The third kappa shape index (κ3) is 4.71. The monoisotopic (exact) mass is 373 g/mol. The lowest BCUT2D eigenvalue weighted by molar-refractivity contribution is -0.116. The molecule has 2 aromatic rings. The number of benzene rings is 2. The summed E-state index contributed by atoms with van der Waals surface area (Å²) < 4.78 is 19.2. The van der Waals surface area contributed by atoms with Gasteiger partial charge in [-0.05, 0) is 54.3 Å². The third-order valence-corrected chi connectivity index (χ3v) is 5.04. The number of halogens is 2. The minimum absolute atomic E-state index is 0.179. The van der Waals surface area contributed by atoms with Gasteiger partial charge in [-0.1, -0.05) is 35.9 Å². The van der Waals surface area contributed by atoms with Crippen LogP contribution in [0.5, 0.6) is 0 Å². The minimum atomic E-state index is -0.301. The molecule has 1 fully saturated rings. The standard InChI is InChI=1S/C21H21ClFNO2/c22-18-7-4-16(5-8-18)6-9-20(25)24-15-21(10-12-26-13-11-21)17-2-1-3-19(23)14-17/h1-9,14H,10-13,15H2,(H,24,25). The summed E-state index contributed by atoms with van der Waals surface area (Å²) in [5, 5.41) is 3.62. The van der Waals surface area contributed by atoms with Crippen LogP contribution in [0.25, 0.3) is 6.08 Å². The van der Waals surface area contributed by atoms with Crippen LogP contribution in [0.2, 0.25) is 5.02 Å². The molecule has 1 amide bonds. The average Bonchev–Trinajstić information content (AvgIpc) is 2.67. The van der Waals surface area contributed by atoms with E-state index in [4.69, 9.17) is 16.3 Å². The quantitative estimate of drug-likeness (QED) is 0.791. The van der Waals surface area contributed by atoms with Crippen LogP contribution in [0.1, 0.15) is 24.0 Å². The number of amides is 1. The van der Waals surface area contributed by atoms with E-state index in [9.17, 15) is 9.18 Å². The highest BCUT2D eigenvalue weighted by Crippen LogP contribution is 2.34. The van der Waals surface area contributed by atoms with Crippen LogP contribution in [0, 0.1) is 5.82 Å². The van der Waals surface area contributed by atoms with Crippen molar-refractivity contribution in [3.05, 3.63) is 76.6 Å². The summed E-state index contributed by atoms with van der Waals surface area (Å²) >= 11 is 5.85. The molecule has 0 aromatic heterocycles. The number of ether oxygens (including phenoxy) is 1. The Morgan fingerprint density at radius 2 is 1.92 bits per heavy atom. The molecule has 1 aliphatic rings. The zero-order valence-electron chi connectivity index (χ0n) is 14.4. The molecule has 2 aromatic carbocycles. The predicted molar refractivity (Wildman–Crippen MR) is 102 cm³/mol. The highest BCUT2D eigenvalue weighted by atomic mass is 35.5. The highest BCUT2D eigenvalue weighted by molar-refractivity contribution is 6.30. The molecule has 3 nitrogen and oxygen atoms in total. The van der Waals surface area contributed by atoms with Gasteiger partial charge in [0, 0.05) is 36.3 Å². The van der Waals surface area contributed by atoms with Gasteiger partial charge in [0.25, 0.3) is 0 Å². The van der Waals surface area contributed by atoms with Crippen molar-refractivity contribution in [3.8, 4) is 0 Å². The first-order valence-electron chi connectivity index (χ1n) is 8.63. The zero-order chi connectivity index (χ0) is 18.4. The average molecular weight is 374 g/mol. The molecule has 1 saturated heterocycles. The maximum absolute atomic E-state index is 13.7. The van der Waals surface area contributed by atoms with Gasteiger partial charge >= 0.3 is 0 Å². The van der Waals surface area contributed by atoms with Gasteiger partial charge in [0.2, 0.25) is 5.91 Å². The van der Waals surface area contributed by atoms with E-state index in [2.05, 4.69) is 5.32 Å². The molecule has 0 saturated carbocycles. The molecule has 5 heteroatoms. The maximum atomic E-state index is 13.7. The van der Waals surface area contributed by atoms with Gasteiger partial charge < -0.3 is 10.1 Å². The summed E-state index contributed by atoms with van der Waals surface area (Å²) in [5.74, 6) is -0.440. The van der Waals surface area contributed by atoms with Gasteiger partial charge in [-0.25, -0.2) is 4.39 Å². The SMILES string of the molecule is O=C(C=Cc1ccc(Cl)cc1)NCC1(c2cccc(F)c2)CCOCC1. The van der Waals surface area contributed by atoms with E-state index < -0.39 is 0 Å². The molecule has 136 valence electrons. The van der Waals surface area contributed by atoms with Crippen LogP contribution < -0.4 is 5.32 Å². The molecule has 3 rings (SSSR count). The predicted octanol–water partition coefficient (Wildman–Crippen LogP) is 4.36. The van der Waals surface area contributed by atoms with E-state index in [1.807, 2.05) is 18.2 Å². The lowest BCUT2D eigenvalue weighted by Crippen LogP contribution is -2.44. The number of hydrogen-bond acceptors (Lipinski definition) is 2. The number of hydrogen-bond donors (Lipinski definition) is 1. The summed E-state index contributed by atoms with van der Waals surface area (Å²) in [6, 6.07) is 13.9. The Kier molecular flexibility index (Phi) is 6.07. The van der Waals surface area contributed by atoms with E-state index in [0.29, 0.717) is 24.8 Å². The first-order chi connectivity index (χ1) is 12.6. The molecule has 1 aliphatic heterocycles. The van der Waals surface area contributed by atoms with E-state index in [0.717, 1.165) is 24.0 Å². The van der Waals surface area contributed by atoms with Crippen molar-refractivity contribution in [2.24, 2.45) is 0 Å². The minimum Gasteiger partial charge on any atom is -0.381 e. The molecule has 0 bridgehead atoms. The molecule has 0 spiro atoms. The maximum Gasteiger partial charge on any atom is 0.244 e. The van der Waals surface area contributed by atoms with Gasteiger partial charge in [0.1, 0.15) is 5.82 Å². The van der Waals surface area contributed by atoms with E-state index >= 15 is 0 Å². The Bertz CT molecular complexity index is 783. The van der Waals surface area contributed by atoms with Gasteiger partial charge in [0.15, 0.2) is 0 Å². The number of carbonyl (C=O) groups is 1. The van der Waals surface area contributed by atoms with E-state index in [1.165, 1.54) is 12.1 Å². The van der Waals surface area contributed by atoms with Crippen molar-refractivity contribution in [2.75, 3.05) is 19.8 Å². The third-order valence-electron chi connectivity index (χ3n) is 4.79. The van der Waals surface area contributed by atoms with Crippen molar-refractivity contribution in [1.29, 1.82) is 0 Å². The largest absolute Gasteiger partial charge is 0.381 e. The summed E-state index contributed by atoms with van der Waals surface area (Å²) in [4.78, 5) is 12.2. The molecule has 26 heavy (non-hydrogen) atoms. The molecular formula is C21H21ClFNO2. The summed E-state index contributed by atoms with van der Waals surface area (Å²) in [6.45, 7) is 1.66. The van der Waals surface area contributed by atoms with Gasteiger partial charge in [-0.2, -0.15) is 0 Å². The fourth-order valence-corrected chi connectivity index (χ4v) is 3.34. The Morgan fingerprint density at radius 3 is 2.62 bits per heavy atom. The van der Waals surface area contributed by atoms with Crippen LogP contribution >= 0.6 is 11.6 Å². The van der Waals surface area contributed by atoms with Crippen LogP contribution in [0.4, 0.5) is 4.39 Å². The normalized spacial score (nSPS) is 16.5. The molecule has 1 N–H and O–H groups in total. The van der Waals surface area contributed by atoms with E-state index in [-0.39, 0.29) is 17.1 Å². The summed E-state index contributed by atoms with van der Waals surface area (Å²) in [5.41, 5.74) is 1.50. The lowest BCUT2D eigenvalue weighted by Gasteiger charge is -2.37. The molecule has 0 aliphatic carbocycles. The number of nitrogens with one attached hydrogen (secondary N) is 1. The summed E-state index contributed by atoms with van der Waals surface area (Å²) in [6.07, 6.45) is 4.74. The topological polar surface area (TPSA) is 38.3 Å². The van der Waals surface area contributed by atoms with Crippen LogP contribution in [0.3, 0.4) is 0 Å². The van der Waals surface area contributed by atoms with Gasteiger partial charge in [0.05, 0.1) is 0 Å². The van der Waals surface area contributed by atoms with Crippen molar-refractivity contribution in [1.82, 2.24) is 5.32 Å². The van der Waals surface area contributed by atoms with Gasteiger partial charge in [-0.3, -0.25) is 4.79 Å². The van der Waals surface area contributed by atoms with Crippen molar-refractivity contribution < 1.29 is 13.9 Å². The molecule has 0 atom stereocenters. The smallest absolute Gasteiger partial charge is 0.244 e. The van der Waals surface area contributed by atoms with Crippen molar-refractivity contribution in [3.63, 3.8) is 0 Å². The molecule has 1 heterocycles. The number of carbonyl (C=O) groups excluding carboxylic acids is 1. The Labute approximate surface area is 157 Å². The van der Waals surface area contributed by atoms with E-state index in [1.54, 1.807) is 30.3 Å². The highest BCUT2D eigenvalue weighted by Gasteiger charge is 2.34. The first-order valence-corrected chi connectivity index (χ1v) is 9.01. The molecular weight excluding hydrogens is 353 g/mol. The zero-order valence-corrected chi connectivity index (χ0v) is 15.1. The first kappa shape index (κ1) is 18.6. The second kappa shape index (κ2) is 8.47. The Hall–Kier alpha value is -2.17. The van der Waals surface area contributed by atoms with Crippen LogP contribution in [-0.4, -0.2) is 25.7 Å². The summed E-state index contributed by atoms with van der Waals surface area (Å²) in [7, 11) is 0. The van der Waals surface area contributed by atoms with Crippen molar-refractivity contribution in [2.45, 2.75) is 18.3 Å². The van der Waals surface area contributed by atoms with Crippen molar-refractivity contribution >= 4 is 23.6 Å². The number of rotatable bonds is 5. The second-order valence-electron chi connectivity index (χ2n) is 6.51. The molecule has 0 radical (unpaired) electrons. The molecule has 0 unspecified atom stereocenters. The Balaban J connectivity index is 1.68. The lowest BCUT2D eigenvalue weighted by atomic mass is 9.74. The second-order valence-corrected chi connectivity index (χ2v) is 6.94. The van der Waals surface area contributed by atoms with Crippen LogP contribution in [0.15, 0.2) is 54.6 Å². The van der Waals surface area contributed by atoms with Gasteiger partial charge in [-0.15, -0.1) is 0 Å². The fourth-order valence-electron chi connectivity index (χ4n) is 3.21. The fraction of sp³-hybridized carbons (Fsp3) is 0.286.